The van der Waals surface area contributed by atoms with E-state index in [2.05, 4.69) is 9.97 Å². The molecule has 8 nitrogen and oxygen atoms in total. The van der Waals surface area contributed by atoms with E-state index in [1.54, 1.807) is 0 Å². The van der Waals surface area contributed by atoms with Crippen LogP contribution in [0.4, 0.5) is 11.5 Å². The van der Waals surface area contributed by atoms with Crippen molar-refractivity contribution in [1.82, 2.24) is 9.97 Å². The molecule has 1 amide bonds. The summed E-state index contributed by atoms with van der Waals surface area (Å²) in [7, 11) is -3.51. The van der Waals surface area contributed by atoms with Crippen LogP contribution in [0, 0.1) is 5.92 Å². The molecule has 0 atom stereocenters. The Morgan fingerprint density at radius 3 is 2.41 bits per heavy atom. The highest BCUT2D eigenvalue weighted by Gasteiger charge is 2.24. The fourth-order valence-electron chi connectivity index (χ4n) is 3.97. The van der Waals surface area contributed by atoms with Gasteiger partial charge in [0.15, 0.2) is 15.7 Å². The third-order valence-electron chi connectivity index (χ3n) is 5.81. The van der Waals surface area contributed by atoms with E-state index in [-0.39, 0.29) is 34.9 Å². The highest BCUT2D eigenvalue weighted by Crippen LogP contribution is 2.33. The first-order valence-electron chi connectivity index (χ1n) is 10.6. The van der Waals surface area contributed by atoms with Crippen molar-refractivity contribution in [3.05, 3.63) is 41.3 Å². The standard InChI is InChI=1S/C22H28ClN3O5S/c1-32(30,31)20-8-7-17(10-18(20)23)26(22(29)9-6-15-4-2-3-5-15)21-12-24-19(11-25-21)16(13-27)14-28/h7-8,10-12,15-16,27-28H,2-6,9,13-14H2,1H3. The van der Waals surface area contributed by atoms with Crippen LogP contribution in [0.25, 0.3) is 0 Å². The van der Waals surface area contributed by atoms with E-state index in [1.807, 2.05) is 0 Å². The molecule has 0 unspecified atom stereocenters. The first kappa shape index (κ1) is 24.6. The lowest BCUT2D eigenvalue weighted by molar-refractivity contribution is -0.118. The molecule has 1 aliphatic carbocycles. The maximum Gasteiger partial charge on any atom is 0.232 e. The molecule has 1 heterocycles. The summed E-state index contributed by atoms with van der Waals surface area (Å²) in [5.41, 5.74) is 0.796. The summed E-state index contributed by atoms with van der Waals surface area (Å²) in [6.07, 6.45) is 9.60. The minimum atomic E-state index is -3.51. The smallest absolute Gasteiger partial charge is 0.232 e. The van der Waals surface area contributed by atoms with E-state index < -0.39 is 15.8 Å². The van der Waals surface area contributed by atoms with Gasteiger partial charge in [0.05, 0.1) is 46.9 Å². The van der Waals surface area contributed by atoms with Crippen molar-refractivity contribution >= 4 is 38.9 Å². The van der Waals surface area contributed by atoms with Crippen molar-refractivity contribution < 1.29 is 23.4 Å². The molecule has 1 aromatic heterocycles. The van der Waals surface area contributed by atoms with Crippen molar-refractivity contribution in [2.75, 3.05) is 24.4 Å². The zero-order valence-corrected chi connectivity index (χ0v) is 19.5. The van der Waals surface area contributed by atoms with Crippen molar-refractivity contribution in [3.8, 4) is 0 Å². The normalized spacial score (nSPS) is 14.8. The molecule has 2 aromatic rings. The van der Waals surface area contributed by atoms with Gasteiger partial charge in [0, 0.05) is 18.6 Å². The number of aliphatic hydroxyl groups excluding tert-OH is 2. The number of aliphatic hydroxyl groups is 2. The second kappa shape index (κ2) is 10.7. The van der Waals surface area contributed by atoms with Gasteiger partial charge in [-0.25, -0.2) is 13.4 Å². The summed E-state index contributed by atoms with van der Waals surface area (Å²) in [4.78, 5) is 23.2. The molecule has 0 radical (unpaired) electrons. The van der Waals surface area contributed by atoms with Gasteiger partial charge in [0.2, 0.25) is 5.91 Å². The Kier molecular flexibility index (Phi) is 8.21. The lowest BCUT2D eigenvalue weighted by atomic mass is 10.0. The number of amides is 1. The number of hydrogen-bond donors (Lipinski definition) is 2. The van der Waals surface area contributed by atoms with Crippen LogP contribution in [0.1, 0.15) is 50.1 Å². The second-order valence-corrected chi connectivity index (χ2v) is 10.6. The Morgan fingerprint density at radius 1 is 1.19 bits per heavy atom. The number of hydrogen-bond acceptors (Lipinski definition) is 7. The highest BCUT2D eigenvalue weighted by molar-refractivity contribution is 7.90. The monoisotopic (exact) mass is 481 g/mol. The van der Waals surface area contributed by atoms with Crippen LogP contribution >= 0.6 is 11.6 Å². The van der Waals surface area contributed by atoms with Crippen LogP contribution in [-0.2, 0) is 14.6 Å². The molecule has 1 aliphatic rings. The van der Waals surface area contributed by atoms with E-state index in [0.717, 1.165) is 25.5 Å². The van der Waals surface area contributed by atoms with Crippen LogP contribution in [0.3, 0.4) is 0 Å². The molecule has 0 saturated heterocycles. The highest BCUT2D eigenvalue weighted by atomic mass is 35.5. The van der Waals surface area contributed by atoms with Crippen molar-refractivity contribution in [2.45, 2.75) is 49.3 Å². The zero-order valence-electron chi connectivity index (χ0n) is 17.9. The Balaban J connectivity index is 1.94. The number of nitrogens with zero attached hydrogens (tertiary/aromatic N) is 3. The minimum Gasteiger partial charge on any atom is -0.396 e. The summed E-state index contributed by atoms with van der Waals surface area (Å²) in [6.45, 7) is -0.561. The van der Waals surface area contributed by atoms with E-state index in [0.29, 0.717) is 23.7 Å². The largest absolute Gasteiger partial charge is 0.396 e. The Bertz CT molecular complexity index is 1040. The summed E-state index contributed by atoms with van der Waals surface area (Å²) < 4.78 is 23.8. The second-order valence-electron chi connectivity index (χ2n) is 8.17. The maximum atomic E-state index is 13.2. The molecule has 10 heteroatoms. The fraction of sp³-hybridized carbons (Fsp3) is 0.500. The lowest BCUT2D eigenvalue weighted by Gasteiger charge is -2.23. The van der Waals surface area contributed by atoms with Crippen molar-refractivity contribution in [3.63, 3.8) is 0 Å². The first-order chi connectivity index (χ1) is 15.2. The van der Waals surface area contributed by atoms with Crippen LogP contribution in [0.5, 0.6) is 0 Å². The Hall–Kier alpha value is -2.07. The van der Waals surface area contributed by atoms with E-state index >= 15 is 0 Å². The molecule has 0 bridgehead atoms. The average Bonchev–Trinajstić information content (AvgIpc) is 3.27. The average molecular weight is 482 g/mol. The Morgan fingerprint density at radius 2 is 1.88 bits per heavy atom. The number of anilines is 2. The minimum absolute atomic E-state index is 0.0172. The van der Waals surface area contributed by atoms with Crippen molar-refractivity contribution in [2.24, 2.45) is 5.92 Å². The van der Waals surface area contributed by atoms with Gasteiger partial charge in [-0.3, -0.25) is 14.7 Å². The number of aromatic nitrogens is 2. The van der Waals surface area contributed by atoms with Gasteiger partial charge in [-0.15, -0.1) is 0 Å². The van der Waals surface area contributed by atoms with Gasteiger partial charge in [-0.1, -0.05) is 37.3 Å². The molecule has 0 aliphatic heterocycles. The van der Waals surface area contributed by atoms with Crippen molar-refractivity contribution in [1.29, 1.82) is 0 Å². The van der Waals surface area contributed by atoms with Gasteiger partial charge in [-0.05, 0) is 30.5 Å². The molecule has 1 fully saturated rings. The predicted molar refractivity (Wildman–Crippen MR) is 122 cm³/mol. The quantitative estimate of drug-likeness (QED) is 0.563. The van der Waals surface area contributed by atoms with E-state index in [4.69, 9.17) is 11.6 Å². The molecular formula is C22H28ClN3O5S. The maximum absolute atomic E-state index is 13.2. The molecule has 1 aromatic carbocycles. The molecule has 3 rings (SSSR count). The van der Waals surface area contributed by atoms with Gasteiger partial charge < -0.3 is 10.2 Å². The summed E-state index contributed by atoms with van der Waals surface area (Å²) in [5, 5.41) is 18.7. The summed E-state index contributed by atoms with van der Waals surface area (Å²) in [5.74, 6) is 0.0258. The molecular weight excluding hydrogens is 454 g/mol. The molecule has 32 heavy (non-hydrogen) atoms. The molecule has 1 saturated carbocycles. The van der Waals surface area contributed by atoms with Crippen LogP contribution in [0.15, 0.2) is 35.5 Å². The van der Waals surface area contributed by atoms with Gasteiger partial charge in [0.1, 0.15) is 0 Å². The number of halogens is 1. The van der Waals surface area contributed by atoms with Gasteiger partial charge >= 0.3 is 0 Å². The fourth-order valence-corrected chi connectivity index (χ4v) is 5.30. The number of carbonyl (C=O) groups is 1. The topological polar surface area (TPSA) is 121 Å². The van der Waals surface area contributed by atoms with Gasteiger partial charge in [0.25, 0.3) is 0 Å². The third-order valence-corrected chi connectivity index (χ3v) is 7.39. The number of sulfone groups is 1. The van der Waals surface area contributed by atoms with E-state index in [9.17, 15) is 23.4 Å². The van der Waals surface area contributed by atoms with E-state index in [1.165, 1.54) is 48.3 Å². The zero-order chi connectivity index (χ0) is 23.3. The first-order valence-corrected chi connectivity index (χ1v) is 12.9. The van der Waals surface area contributed by atoms with Crippen LogP contribution < -0.4 is 4.90 Å². The molecule has 2 N–H and O–H groups in total. The summed E-state index contributed by atoms with van der Waals surface area (Å²) >= 11 is 6.23. The van der Waals surface area contributed by atoms with Crippen LogP contribution in [0.2, 0.25) is 5.02 Å². The summed E-state index contributed by atoms with van der Waals surface area (Å²) in [6, 6.07) is 4.33. The lowest BCUT2D eigenvalue weighted by Crippen LogP contribution is -2.27. The molecule has 0 spiro atoms. The predicted octanol–water partition coefficient (Wildman–Crippen LogP) is 3.24. The SMILES string of the molecule is CS(=O)(=O)c1ccc(N(C(=O)CCC2CCCC2)c2cnc(C(CO)CO)cn2)cc1Cl. The Labute approximate surface area is 193 Å². The molecule has 174 valence electrons. The van der Waals surface area contributed by atoms with Gasteiger partial charge in [-0.2, -0.15) is 0 Å². The number of benzene rings is 1. The number of rotatable bonds is 9. The third kappa shape index (κ3) is 5.83. The van der Waals surface area contributed by atoms with Crippen LogP contribution in [-0.4, -0.2) is 54.0 Å². The number of carbonyl (C=O) groups excluding carboxylic acids is 1.